The molecule has 0 heterocycles. The van der Waals surface area contributed by atoms with E-state index in [1.165, 1.54) is 30.3 Å². The molecule has 18 heteroatoms. The Labute approximate surface area is 354 Å². The highest BCUT2D eigenvalue weighted by atomic mass is 19.1. The molecule has 0 aliphatic rings. The molecule has 326 valence electrons. The fraction of sp³-hybridized carbons (Fsp3) is 0.349. The van der Waals surface area contributed by atoms with E-state index >= 15 is 0 Å². The number of amides is 6. The van der Waals surface area contributed by atoms with Gasteiger partial charge in [-0.2, -0.15) is 0 Å². The van der Waals surface area contributed by atoms with Crippen LogP contribution in [-0.2, 0) is 41.6 Å². The summed E-state index contributed by atoms with van der Waals surface area (Å²) in [5.41, 5.74) is 30.4. The lowest BCUT2D eigenvalue weighted by Gasteiger charge is -2.30. The van der Waals surface area contributed by atoms with E-state index in [0.717, 1.165) is 23.5 Å². The van der Waals surface area contributed by atoms with E-state index in [-0.39, 0.29) is 50.1 Å². The molecule has 0 spiro atoms. The number of nitrogens with zero attached hydrogens (tertiary/aromatic N) is 3. The highest BCUT2D eigenvalue weighted by Crippen LogP contribution is 2.18. The van der Waals surface area contributed by atoms with Gasteiger partial charge in [0.15, 0.2) is 11.9 Å². The van der Waals surface area contributed by atoms with E-state index < -0.39 is 65.4 Å². The average Bonchev–Trinajstić information content (AvgIpc) is 3.18. The number of nitrogens with one attached hydrogen (secondary N) is 3. The zero-order chi connectivity index (χ0) is 45.2. The Kier molecular flexibility index (Phi) is 18.6. The number of benzene rings is 3. The summed E-state index contributed by atoms with van der Waals surface area (Å²) in [7, 11) is 0. The van der Waals surface area contributed by atoms with Crippen LogP contribution in [0, 0.1) is 18.7 Å². The van der Waals surface area contributed by atoms with Gasteiger partial charge in [-0.15, -0.1) is 0 Å². The Morgan fingerprint density at radius 2 is 1.28 bits per heavy atom. The number of carbonyl (C=O) groups excluding carboxylic acids is 6. The predicted octanol–water partition coefficient (Wildman–Crippen LogP) is 1.32. The monoisotopic (exact) mass is 841 g/mol. The van der Waals surface area contributed by atoms with Gasteiger partial charge in [0.2, 0.25) is 29.5 Å². The third-order valence-corrected chi connectivity index (χ3v) is 9.24. The Balaban J connectivity index is 2.03. The van der Waals surface area contributed by atoms with Gasteiger partial charge in [0.25, 0.3) is 5.91 Å². The average molecular weight is 842 g/mol. The second-order valence-electron chi connectivity index (χ2n) is 14.9. The summed E-state index contributed by atoms with van der Waals surface area (Å²) < 4.78 is 13.9. The summed E-state index contributed by atoms with van der Waals surface area (Å²) in [5.74, 6) is -5.79. The van der Waals surface area contributed by atoms with Gasteiger partial charge in [-0.3, -0.25) is 38.7 Å². The van der Waals surface area contributed by atoms with Gasteiger partial charge < -0.3 is 44.6 Å². The molecule has 61 heavy (non-hydrogen) atoms. The molecule has 3 aromatic rings. The molecular weight excluding hydrogens is 786 g/mol. The third kappa shape index (κ3) is 16.6. The molecule has 0 radical (unpaired) electrons. The van der Waals surface area contributed by atoms with Crippen LogP contribution in [0.1, 0.15) is 62.3 Å². The van der Waals surface area contributed by atoms with Crippen molar-refractivity contribution < 1.29 is 33.2 Å². The number of guanidine groups is 2. The number of aryl methyl sites for hydroxylation is 1. The van der Waals surface area contributed by atoms with Crippen LogP contribution in [0.15, 0.2) is 88.9 Å². The molecular formula is C43H56FN11O6. The van der Waals surface area contributed by atoms with Crippen LogP contribution in [0.2, 0.25) is 0 Å². The summed E-state index contributed by atoms with van der Waals surface area (Å²) in [6.45, 7) is 6.86. The van der Waals surface area contributed by atoms with Crippen molar-refractivity contribution in [3.63, 3.8) is 0 Å². The number of hydrogen-bond acceptors (Lipinski definition) is 8. The maximum Gasteiger partial charge on any atom is 0.253 e. The van der Waals surface area contributed by atoms with Gasteiger partial charge in [0, 0.05) is 32.4 Å². The van der Waals surface area contributed by atoms with Crippen molar-refractivity contribution in [2.75, 3.05) is 6.54 Å². The fourth-order valence-corrected chi connectivity index (χ4v) is 6.20. The molecule has 13 N–H and O–H groups in total. The third-order valence-electron chi connectivity index (χ3n) is 9.24. The van der Waals surface area contributed by atoms with Crippen molar-refractivity contribution in [1.29, 1.82) is 0 Å². The zero-order valence-corrected chi connectivity index (χ0v) is 34.8. The number of carbonyl (C=O) groups is 6. The number of halogens is 1. The van der Waals surface area contributed by atoms with Crippen LogP contribution >= 0.6 is 0 Å². The van der Waals surface area contributed by atoms with Crippen LogP contribution in [0.25, 0.3) is 6.08 Å². The first kappa shape index (κ1) is 48.3. The van der Waals surface area contributed by atoms with Gasteiger partial charge in [-0.1, -0.05) is 67.9 Å². The molecule has 0 bridgehead atoms. The van der Waals surface area contributed by atoms with Gasteiger partial charge in [-0.05, 0) is 79.1 Å². The van der Waals surface area contributed by atoms with E-state index in [0.29, 0.717) is 28.8 Å². The number of imide groups is 1. The molecule has 0 fully saturated rings. The quantitative estimate of drug-likeness (QED) is 0.0329. The predicted molar refractivity (Wildman–Crippen MR) is 232 cm³/mol. The highest BCUT2D eigenvalue weighted by Gasteiger charge is 2.36. The SMILES string of the molecule is CC(=O)N(C(=O)/C=C/c1ccc(C)cc1)C(Cc1ccc(F)cc1)C(=O)NC(Cc1ccc(N=C(N)N)cc1)C(=O)NC(CC(C)C)C(=O)NC(CCCN=C(N)N)C(N)=O. The van der Waals surface area contributed by atoms with Crippen LogP contribution in [0.5, 0.6) is 0 Å². The van der Waals surface area contributed by atoms with Crippen LogP contribution in [0.3, 0.4) is 0 Å². The number of primary amides is 1. The minimum Gasteiger partial charge on any atom is -0.370 e. The molecule has 3 aromatic carbocycles. The van der Waals surface area contributed by atoms with E-state index in [9.17, 15) is 33.2 Å². The summed E-state index contributed by atoms with van der Waals surface area (Å²) in [6, 6.07) is 13.6. The maximum absolute atomic E-state index is 14.5. The molecule has 3 rings (SSSR count). The second kappa shape index (κ2) is 23.5. The van der Waals surface area contributed by atoms with Crippen LogP contribution in [0.4, 0.5) is 10.1 Å². The van der Waals surface area contributed by atoms with E-state index in [2.05, 4.69) is 25.9 Å². The summed E-state index contributed by atoms with van der Waals surface area (Å²) in [4.78, 5) is 90.6. The van der Waals surface area contributed by atoms with Gasteiger partial charge in [0.1, 0.15) is 30.0 Å². The first-order chi connectivity index (χ1) is 28.8. The fourth-order valence-electron chi connectivity index (χ4n) is 6.20. The van der Waals surface area contributed by atoms with Crippen molar-refractivity contribution in [2.45, 2.75) is 84.0 Å². The lowest BCUT2D eigenvalue weighted by molar-refractivity contribution is -0.148. The van der Waals surface area contributed by atoms with Crippen molar-refractivity contribution in [2.24, 2.45) is 44.6 Å². The normalized spacial score (nSPS) is 13.0. The molecule has 0 aliphatic heterocycles. The standard InChI is InChI=1S/C43H56FN11O6/c1-25(2)22-34(39(59)52-33(38(45)58)6-5-21-50-42(46)47)53-40(60)35(23-29-13-18-32(19-14-29)51-43(48)49)54-41(61)36(24-30-11-16-31(44)17-12-30)55(27(4)56)37(57)20-15-28-9-7-26(3)8-10-28/h7-20,25,33-36H,5-6,21-24H2,1-4H3,(H2,45,58)(H,52,59)(H,53,60)(H,54,61)(H4,46,47,50)(H4,48,49,51)/b20-15+. The topological polar surface area (TPSA) is 297 Å². The molecule has 0 aromatic heterocycles. The summed E-state index contributed by atoms with van der Waals surface area (Å²) >= 11 is 0. The van der Waals surface area contributed by atoms with Gasteiger partial charge >= 0.3 is 0 Å². The molecule has 6 amide bonds. The minimum absolute atomic E-state index is 0.107. The first-order valence-electron chi connectivity index (χ1n) is 19.6. The Hall–Kier alpha value is -7.11. The van der Waals surface area contributed by atoms with Crippen molar-refractivity contribution in [3.8, 4) is 0 Å². The van der Waals surface area contributed by atoms with Crippen molar-refractivity contribution >= 4 is 59.1 Å². The Morgan fingerprint density at radius 3 is 1.84 bits per heavy atom. The minimum atomic E-state index is -1.53. The number of aliphatic imine (C=N–C) groups is 2. The number of nitrogens with two attached hydrogens (primary N) is 5. The highest BCUT2D eigenvalue weighted by molar-refractivity contribution is 6.06. The molecule has 17 nitrogen and oxygen atoms in total. The van der Waals surface area contributed by atoms with E-state index in [1.54, 1.807) is 36.4 Å². The number of rotatable bonds is 21. The molecule has 0 saturated carbocycles. The molecule has 4 unspecified atom stereocenters. The van der Waals surface area contributed by atoms with Gasteiger partial charge in [0.05, 0.1) is 5.69 Å². The smallest absolute Gasteiger partial charge is 0.253 e. The largest absolute Gasteiger partial charge is 0.370 e. The summed E-state index contributed by atoms with van der Waals surface area (Å²) in [5, 5.41) is 8.04. The lowest BCUT2D eigenvalue weighted by atomic mass is 9.99. The number of hydrogen-bond donors (Lipinski definition) is 8. The van der Waals surface area contributed by atoms with Crippen LogP contribution in [-0.4, -0.2) is 83.0 Å². The van der Waals surface area contributed by atoms with Crippen LogP contribution < -0.4 is 44.6 Å². The maximum atomic E-state index is 14.5. The summed E-state index contributed by atoms with van der Waals surface area (Å²) in [6.07, 6.45) is 2.81. The molecule has 4 atom stereocenters. The zero-order valence-electron chi connectivity index (χ0n) is 34.8. The van der Waals surface area contributed by atoms with E-state index in [1.807, 2.05) is 32.9 Å². The first-order valence-corrected chi connectivity index (χ1v) is 19.6. The lowest BCUT2D eigenvalue weighted by Crippen LogP contribution is -2.59. The Morgan fingerprint density at radius 1 is 0.721 bits per heavy atom. The molecule has 0 saturated heterocycles. The van der Waals surface area contributed by atoms with Crippen molar-refractivity contribution in [1.82, 2.24) is 20.9 Å². The van der Waals surface area contributed by atoms with E-state index in [4.69, 9.17) is 28.7 Å². The Bertz CT molecular complexity index is 2080. The van der Waals surface area contributed by atoms with Crippen molar-refractivity contribution in [3.05, 3.63) is 107 Å². The molecule has 0 aliphatic carbocycles. The van der Waals surface area contributed by atoms with Gasteiger partial charge in [-0.25, -0.2) is 9.38 Å². The second-order valence-corrected chi connectivity index (χ2v) is 14.9.